The van der Waals surface area contributed by atoms with Gasteiger partial charge in [0.15, 0.2) is 0 Å². The van der Waals surface area contributed by atoms with Crippen molar-refractivity contribution in [2.75, 3.05) is 19.8 Å². The number of halogens is 2. The molecule has 0 aliphatic carbocycles. The van der Waals surface area contributed by atoms with Crippen molar-refractivity contribution in [1.29, 1.82) is 0 Å². The number of ether oxygens (including phenoxy) is 2. The maximum absolute atomic E-state index is 12.3. The summed E-state index contributed by atoms with van der Waals surface area (Å²) in [6.45, 7) is 1.60. The summed E-state index contributed by atoms with van der Waals surface area (Å²) < 4.78 is 12.6. The average Bonchev–Trinajstić information content (AvgIpc) is 2.75. The Balaban J connectivity index is 0.000000501. The standard InChI is InChI=1S/C18H16Cl2N2O3.C2H2O4/c19-15-6-5-13(11-16(15)20)25-10-9-24-8-7-22-12-21-17-4-2-1-3-14(17)18(22)23;3-1(4)2(5)6/h1-6,11-12H,7-10H2;(H,3,4)(H,5,6). The first-order valence-electron chi connectivity index (χ1n) is 8.85. The molecule has 0 saturated heterocycles. The van der Waals surface area contributed by atoms with E-state index < -0.39 is 11.9 Å². The fraction of sp³-hybridized carbons (Fsp3) is 0.200. The number of para-hydroxylation sites is 1. The second-order valence-electron chi connectivity index (χ2n) is 5.91. The van der Waals surface area contributed by atoms with Crippen LogP contribution in [-0.4, -0.2) is 51.5 Å². The minimum absolute atomic E-state index is 0.0683. The zero-order valence-electron chi connectivity index (χ0n) is 16.0. The summed E-state index contributed by atoms with van der Waals surface area (Å²) in [5.74, 6) is -3.02. The van der Waals surface area contributed by atoms with Crippen LogP contribution in [0.1, 0.15) is 0 Å². The van der Waals surface area contributed by atoms with Crippen molar-refractivity contribution >= 4 is 46.0 Å². The van der Waals surface area contributed by atoms with E-state index in [0.29, 0.717) is 53.1 Å². The van der Waals surface area contributed by atoms with Crippen molar-refractivity contribution in [2.24, 2.45) is 0 Å². The lowest BCUT2D eigenvalue weighted by Gasteiger charge is -2.09. The molecule has 0 atom stereocenters. The van der Waals surface area contributed by atoms with Crippen LogP contribution in [0.4, 0.5) is 0 Å². The number of hydrogen-bond donors (Lipinski definition) is 2. The molecule has 0 aliphatic rings. The van der Waals surface area contributed by atoms with E-state index in [1.54, 1.807) is 35.2 Å². The maximum Gasteiger partial charge on any atom is 0.414 e. The van der Waals surface area contributed by atoms with Crippen LogP contribution in [0.25, 0.3) is 10.9 Å². The molecule has 0 bridgehead atoms. The van der Waals surface area contributed by atoms with Crippen LogP contribution in [0.5, 0.6) is 5.75 Å². The summed E-state index contributed by atoms with van der Waals surface area (Å²) in [7, 11) is 0. The van der Waals surface area contributed by atoms with Crippen LogP contribution in [0.2, 0.25) is 10.0 Å². The van der Waals surface area contributed by atoms with Gasteiger partial charge in [0.2, 0.25) is 0 Å². The summed E-state index contributed by atoms with van der Waals surface area (Å²) in [6.07, 6.45) is 1.54. The van der Waals surface area contributed by atoms with Crippen molar-refractivity contribution in [1.82, 2.24) is 9.55 Å². The third kappa shape index (κ3) is 7.56. The van der Waals surface area contributed by atoms with Gasteiger partial charge in [-0.1, -0.05) is 35.3 Å². The highest BCUT2D eigenvalue weighted by molar-refractivity contribution is 6.42. The van der Waals surface area contributed by atoms with Crippen LogP contribution < -0.4 is 10.3 Å². The van der Waals surface area contributed by atoms with Gasteiger partial charge in [0.1, 0.15) is 12.4 Å². The predicted octanol–water partition coefficient (Wildman–Crippen LogP) is 2.95. The molecule has 2 N–H and O–H groups in total. The lowest BCUT2D eigenvalue weighted by Crippen LogP contribution is -2.23. The van der Waals surface area contributed by atoms with E-state index in [2.05, 4.69) is 4.98 Å². The first kappa shape index (κ1) is 24.1. The zero-order valence-corrected chi connectivity index (χ0v) is 17.5. The molecule has 1 heterocycles. The summed E-state index contributed by atoms with van der Waals surface area (Å²) in [5.41, 5.74) is 0.626. The van der Waals surface area contributed by atoms with Crippen LogP contribution in [0, 0.1) is 0 Å². The third-order valence-corrected chi connectivity index (χ3v) is 4.52. The van der Waals surface area contributed by atoms with E-state index in [9.17, 15) is 4.79 Å². The smallest absolute Gasteiger partial charge is 0.414 e. The van der Waals surface area contributed by atoms with E-state index in [1.165, 1.54) is 0 Å². The van der Waals surface area contributed by atoms with Crippen LogP contribution in [0.15, 0.2) is 53.6 Å². The summed E-state index contributed by atoms with van der Waals surface area (Å²) in [4.78, 5) is 34.8. The first-order chi connectivity index (χ1) is 14.8. The van der Waals surface area contributed by atoms with Gasteiger partial charge in [-0.15, -0.1) is 0 Å². The monoisotopic (exact) mass is 468 g/mol. The van der Waals surface area contributed by atoms with Crippen LogP contribution in [0.3, 0.4) is 0 Å². The van der Waals surface area contributed by atoms with E-state index in [0.717, 1.165) is 0 Å². The number of carboxylic acid groups (broad SMARTS) is 2. The quantitative estimate of drug-likeness (QED) is 0.399. The molecule has 0 aliphatic heterocycles. The molecular weight excluding hydrogens is 451 g/mol. The minimum Gasteiger partial charge on any atom is -0.491 e. The molecule has 0 unspecified atom stereocenters. The number of carboxylic acids is 2. The largest absolute Gasteiger partial charge is 0.491 e. The van der Waals surface area contributed by atoms with Gasteiger partial charge >= 0.3 is 11.9 Å². The molecule has 31 heavy (non-hydrogen) atoms. The third-order valence-electron chi connectivity index (χ3n) is 3.78. The second kappa shape index (κ2) is 11.9. The Morgan fingerprint density at radius 3 is 2.35 bits per heavy atom. The Labute approximate surface area is 186 Å². The molecule has 0 saturated carbocycles. The summed E-state index contributed by atoms with van der Waals surface area (Å²) in [6, 6.07) is 12.4. The van der Waals surface area contributed by atoms with Gasteiger partial charge in [0, 0.05) is 6.07 Å². The number of aliphatic carboxylic acids is 2. The van der Waals surface area contributed by atoms with Crippen LogP contribution in [-0.2, 0) is 20.9 Å². The van der Waals surface area contributed by atoms with Crippen molar-refractivity contribution in [2.45, 2.75) is 6.54 Å². The Hall–Kier alpha value is -3.14. The molecule has 3 rings (SSSR count). The lowest BCUT2D eigenvalue weighted by molar-refractivity contribution is -0.159. The second-order valence-corrected chi connectivity index (χ2v) is 6.72. The van der Waals surface area contributed by atoms with Gasteiger partial charge in [0.05, 0.1) is 47.0 Å². The number of aromatic nitrogens is 2. The normalized spacial score (nSPS) is 10.3. The molecule has 164 valence electrons. The fourth-order valence-electron chi connectivity index (χ4n) is 2.32. The summed E-state index contributed by atoms with van der Waals surface area (Å²) in [5, 5.41) is 16.3. The van der Waals surface area contributed by atoms with Gasteiger partial charge in [-0.2, -0.15) is 0 Å². The first-order valence-corrected chi connectivity index (χ1v) is 9.61. The maximum atomic E-state index is 12.3. The zero-order chi connectivity index (χ0) is 22.8. The van der Waals surface area contributed by atoms with Crippen molar-refractivity contribution in [3.63, 3.8) is 0 Å². The predicted molar refractivity (Wildman–Crippen MR) is 114 cm³/mol. The Morgan fingerprint density at radius 1 is 0.968 bits per heavy atom. The Morgan fingerprint density at radius 2 is 1.68 bits per heavy atom. The van der Waals surface area contributed by atoms with Gasteiger partial charge < -0.3 is 19.7 Å². The fourth-order valence-corrected chi connectivity index (χ4v) is 2.60. The molecule has 2 aromatic carbocycles. The highest BCUT2D eigenvalue weighted by Gasteiger charge is 2.04. The van der Waals surface area contributed by atoms with Crippen molar-refractivity contribution in [3.05, 3.63) is 69.2 Å². The molecule has 0 amide bonds. The average molecular weight is 469 g/mol. The van der Waals surface area contributed by atoms with Gasteiger partial charge in [-0.3, -0.25) is 9.36 Å². The van der Waals surface area contributed by atoms with Gasteiger partial charge in [-0.25, -0.2) is 14.6 Å². The van der Waals surface area contributed by atoms with Crippen molar-refractivity contribution < 1.29 is 29.3 Å². The highest BCUT2D eigenvalue weighted by Crippen LogP contribution is 2.26. The van der Waals surface area contributed by atoms with E-state index >= 15 is 0 Å². The molecule has 0 fully saturated rings. The van der Waals surface area contributed by atoms with E-state index in [1.807, 2.05) is 18.2 Å². The number of nitrogens with zero attached hydrogens (tertiary/aromatic N) is 2. The molecule has 0 radical (unpaired) electrons. The molecular formula is C20H18Cl2N2O7. The van der Waals surface area contributed by atoms with Gasteiger partial charge in [-0.05, 0) is 24.3 Å². The molecule has 0 spiro atoms. The number of hydrogen-bond acceptors (Lipinski definition) is 6. The minimum atomic E-state index is -1.82. The molecule has 1 aromatic heterocycles. The number of rotatable bonds is 7. The Kier molecular flexibility index (Phi) is 9.26. The van der Waals surface area contributed by atoms with Crippen molar-refractivity contribution in [3.8, 4) is 5.75 Å². The SMILES string of the molecule is O=C(O)C(=O)O.O=c1c2ccccc2ncn1CCOCCOc1ccc(Cl)c(Cl)c1. The number of benzene rings is 2. The van der Waals surface area contributed by atoms with Crippen LogP contribution >= 0.6 is 23.2 Å². The Bertz CT molecular complexity index is 1110. The topological polar surface area (TPSA) is 128 Å². The van der Waals surface area contributed by atoms with E-state index in [4.69, 9.17) is 52.5 Å². The van der Waals surface area contributed by atoms with E-state index in [-0.39, 0.29) is 5.56 Å². The lowest BCUT2D eigenvalue weighted by atomic mass is 10.2. The highest BCUT2D eigenvalue weighted by atomic mass is 35.5. The van der Waals surface area contributed by atoms with Gasteiger partial charge in [0.25, 0.3) is 5.56 Å². The molecule has 11 heteroatoms. The number of fused-ring (bicyclic) bond motifs is 1. The molecule has 9 nitrogen and oxygen atoms in total. The summed E-state index contributed by atoms with van der Waals surface area (Å²) >= 11 is 11.8. The number of carbonyl (C=O) groups is 2. The molecule has 3 aromatic rings.